The van der Waals surface area contributed by atoms with Crippen molar-refractivity contribution in [2.75, 3.05) is 0 Å². The summed E-state index contributed by atoms with van der Waals surface area (Å²) >= 11 is 2.59. The molecule has 0 aromatic heterocycles. The van der Waals surface area contributed by atoms with Crippen molar-refractivity contribution in [3.8, 4) is 0 Å². The number of hydrogen-bond donors (Lipinski definition) is 0. The van der Waals surface area contributed by atoms with E-state index < -0.39 is 0 Å². The van der Waals surface area contributed by atoms with Gasteiger partial charge in [0.1, 0.15) is 0 Å². The maximum atomic E-state index is 2.59. The number of rotatable bonds is 1. The molecule has 0 radical (unpaired) electrons. The number of hydrogen-bond acceptors (Lipinski definition) is 0. The smallest absolute Gasteiger partial charge is 0.0487 e. The molecule has 0 aliphatic heterocycles. The van der Waals surface area contributed by atoms with Crippen LogP contribution < -0.4 is 0 Å². The summed E-state index contributed by atoms with van der Waals surface area (Å²) in [4.78, 5) is 0. The van der Waals surface area contributed by atoms with E-state index in [2.05, 4.69) is 91.9 Å². The van der Waals surface area contributed by atoms with Gasteiger partial charge in [0, 0.05) is 3.42 Å². The molecule has 1 unspecified atom stereocenters. The van der Waals surface area contributed by atoms with Crippen LogP contribution >= 0.6 is 22.6 Å². The molecular weight excluding hydrogens is 319 g/mol. The summed E-state index contributed by atoms with van der Waals surface area (Å²) in [6.45, 7) is 6.93. The second kappa shape index (κ2) is 4.60. The molecule has 1 aromatic carbocycles. The molecule has 0 N–H and O–H groups in total. The highest BCUT2D eigenvalue weighted by Crippen LogP contribution is 2.46. The average Bonchev–Trinajstić information content (AvgIpc) is 2.30. The van der Waals surface area contributed by atoms with Crippen molar-refractivity contribution in [2.24, 2.45) is 5.41 Å². The molecule has 0 nitrogen and oxygen atoms in total. The zero-order valence-corrected chi connectivity index (χ0v) is 12.9. The third-order valence-corrected chi connectivity index (χ3v) is 5.92. The molecule has 0 saturated carbocycles. The van der Waals surface area contributed by atoms with Crippen molar-refractivity contribution >= 4 is 28.2 Å². The van der Waals surface area contributed by atoms with Crippen molar-refractivity contribution in [3.05, 3.63) is 54.1 Å². The summed E-state index contributed by atoms with van der Waals surface area (Å²) in [5.41, 5.74) is 2.96. The van der Waals surface area contributed by atoms with Gasteiger partial charge < -0.3 is 0 Å². The Morgan fingerprint density at radius 3 is 2.24 bits per heavy atom. The molecule has 0 fully saturated rings. The molecule has 1 atom stereocenters. The van der Waals surface area contributed by atoms with Crippen LogP contribution in [0, 0.1) is 5.41 Å². The van der Waals surface area contributed by atoms with Gasteiger partial charge in [0.05, 0.1) is 0 Å². The van der Waals surface area contributed by atoms with Crippen LogP contribution in [-0.2, 0) is 0 Å². The Labute approximate surface area is 118 Å². The lowest BCUT2D eigenvalue weighted by molar-refractivity contribution is 0.345. The van der Waals surface area contributed by atoms with Gasteiger partial charge in [0.2, 0.25) is 0 Å². The monoisotopic (exact) mass is 338 g/mol. The van der Waals surface area contributed by atoms with Gasteiger partial charge in [-0.1, -0.05) is 91.9 Å². The Kier molecular flexibility index (Phi) is 3.48. The van der Waals surface area contributed by atoms with Gasteiger partial charge >= 0.3 is 0 Å². The largest absolute Gasteiger partial charge is 0.0750 e. The molecule has 90 valence electrons. The second-order valence-corrected chi connectivity index (χ2v) is 7.60. The quantitative estimate of drug-likeness (QED) is 0.485. The zero-order valence-electron chi connectivity index (χ0n) is 10.7. The molecule has 1 aliphatic carbocycles. The van der Waals surface area contributed by atoms with Gasteiger partial charge in [0.25, 0.3) is 0 Å². The van der Waals surface area contributed by atoms with E-state index >= 15 is 0 Å². The van der Waals surface area contributed by atoms with Crippen LogP contribution in [0.15, 0.2) is 48.6 Å². The minimum Gasteiger partial charge on any atom is -0.0750 e. The Morgan fingerprint density at radius 1 is 1.12 bits per heavy atom. The van der Waals surface area contributed by atoms with Gasteiger partial charge in [-0.2, -0.15) is 0 Å². The third kappa shape index (κ3) is 2.65. The molecule has 0 heterocycles. The van der Waals surface area contributed by atoms with E-state index in [0.717, 1.165) is 6.42 Å². The van der Waals surface area contributed by atoms with Crippen LogP contribution in [0.3, 0.4) is 0 Å². The summed E-state index contributed by atoms with van der Waals surface area (Å²) in [5.74, 6) is 0. The summed E-state index contributed by atoms with van der Waals surface area (Å²) < 4.78 is 0.239. The average molecular weight is 338 g/mol. The lowest BCUT2D eigenvalue weighted by atomic mass is 9.76. The van der Waals surface area contributed by atoms with Crippen molar-refractivity contribution in [1.82, 2.24) is 0 Å². The normalized spacial score (nSPS) is 24.6. The predicted molar refractivity (Wildman–Crippen MR) is 84.4 cm³/mol. The van der Waals surface area contributed by atoms with Crippen LogP contribution in [0.4, 0.5) is 0 Å². The molecule has 1 aliphatic rings. The molecule has 1 aromatic rings. The molecule has 0 saturated heterocycles. The van der Waals surface area contributed by atoms with Gasteiger partial charge in [-0.25, -0.2) is 0 Å². The maximum absolute atomic E-state index is 2.59. The van der Waals surface area contributed by atoms with E-state index in [9.17, 15) is 0 Å². The van der Waals surface area contributed by atoms with E-state index in [0.29, 0.717) is 5.41 Å². The second-order valence-electron chi connectivity index (χ2n) is 5.68. The lowest BCUT2D eigenvalue weighted by Gasteiger charge is -2.39. The number of allylic oxidation sites excluding steroid dienone is 4. The highest BCUT2D eigenvalue weighted by Gasteiger charge is 2.37. The standard InChI is InChI=1S/C16H19I/c1-15(2,3)16(17)11-9-14(10-12-16)13-7-5-4-6-8-13/h4-11H,12H2,1-3H3. The van der Waals surface area contributed by atoms with Crippen LogP contribution in [0.5, 0.6) is 0 Å². The van der Waals surface area contributed by atoms with E-state index in [1.165, 1.54) is 11.1 Å². The number of alkyl halides is 1. The Bertz CT molecular complexity index is 448. The highest BCUT2D eigenvalue weighted by atomic mass is 127. The van der Waals surface area contributed by atoms with Crippen LogP contribution in [-0.4, -0.2) is 3.42 Å². The van der Waals surface area contributed by atoms with Crippen molar-refractivity contribution in [2.45, 2.75) is 30.6 Å². The molecular formula is C16H19I. The Balaban J connectivity index is 2.23. The predicted octanol–water partition coefficient (Wildman–Crippen LogP) is 5.25. The van der Waals surface area contributed by atoms with Crippen molar-refractivity contribution < 1.29 is 0 Å². The topological polar surface area (TPSA) is 0 Å². The first-order chi connectivity index (χ1) is 7.92. The first-order valence-corrected chi connectivity index (χ1v) is 7.14. The fraction of sp³-hybridized carbons (Fsp3) is 0.375. The fourth-order valence-corrected chi connectivity index (χ4v) is 2.42. The van der Waals surface area contributed by atoms with Crippen molar-refractivity contribution in [1.29, 1.82) is 0 Å². The van der Waals surface area contributed by atoms with Gasteiger partial charge in [-0.3, -0.25) is 0 Å². The van der Waals surface area contributed by atoms with Crippen molar-refractivity contribution in [3.63, 3.8) is 0 Å². The third-order valence-electron chi connectivity index (χ3n) is 3.50. The first kappa shape index (κ1) is 12.9. The minimum atomic E-state index is 0.239. The van der Waals surface area contributed by atoms with Gasteiger partial charge in [-0.05, 0) is 23.0 Å². The molecule has 0 bridgehead atoms. The fourth-order valence-electron chi connectivity index (χ4n) is 2.02. The SMILES string of the molecule is CC(C)(C)C1(I)C=CC(c2ccccc2)=CC1. The van der Waals surface area contributed by atoms with Gasteiger partial charge in [0.15, 0.2) is 0 Å². The first-order valence-electron chi connectivity index (χ1n) is 6.06. The Morgan fingerprint density at radius 2 is 1.76 bits per heavy atom. The molecule has 1 heteroatoms. The van der Waals surface area contributed by atoms with E-state index in [1.54, 1.807) is 0 Å². The lowest BCUT2D eigenvalue weighted by Crippen LogP contribution is -2.35. The highest BCUT2D eigenvalue weighted by molar-refractivity contribution is 14.1. The molecule has 2 rings (SSSR count). The van der Waals surface area contributed by atoms with E-state index in [1.807, 2.05) is 0 Å². The van der Waals surface area contributed by atoms with Gasteiger partial charge in [-0.15, -0.1) is 0 Å². The van der Waals surface area contributed by atoms with E-state index in [-0.39, 0.29) is 3.42 Å². The Hall–Kier alpha value is -0.570. The number of halogens is 1. The minimum absolute atomic E-state index is 0.239. The molecule has 0 spiro atoms. The zero-order chi connectivity index (χ0) is 12.5. The van der Waals surface area contributed by atoms with E-state index in [4.69, 9.17) is 0 Å². The summed E-state index contributed by atoms with van der Waals surface area (Å²) in [5, 5.41) is 0. The number of benzene rings is 1. The molecule has 17 heavy (non-hydrogen) atoms. The summed E-state index contributed by atoms with van der Waals surface area (Å²) in [6.07, 6.45) is 8.12. The maximum Gasteiger partial charge on any atom is 0.0487 e. The van der Waals surface area contributed by atoms with Crippen LogP contribution in [0.25, 0.3) is 5.57 Å². The van der Waals surface area contributed by atoms with Crippen LogP contribution in [0.2, 0.25) is 0 Å². The summed E-state index contributed by atoms with van der Waals surface area (Å²) in [7, 11) is 0. The summed E-state index contributed by atoms with van der Waals surface area (Å²) in [6, 6.07) is 10.6. The van der Waals surface area contributed by atoms with Crippen LogP contribution in [0.1, 0.15) is 32.8 Å². The molecule has 0 amide bonds.